The van der Waals surface area contributed by atoms with Gasteiger partial charge in [0.15, 0.2) is 0 Å². The molecule has 0 aromatic carbocycles. The molecule has 1 heterocycles. The second kappa shape index (κ2) is 4.60. The maximum Gasteiger partial charge on any atom is 0.251 e. The predicted octanol–water partition coefficient (Wildman–Crippen LogP) is 1.23. The van der Waals surface area contributed by atoms with E-state index in [1.54, 1.807) is 25.4 Å². The largest absolute Gasteiger partial charge is 0.475 e. The summed E-state index contributed by atoms with van der Waals surface area (Å²) < 4.78 is 5.36. The molecule has 0 aliphatic heterocycles. The first kappa shape index (κ1) is 10.5. The van der Waals surface area contributed by atoms with Gasteiger partial charge in [-0.15, -0.1) is 0 Å². The lowest BCUT2D eigenvalue weighted by Crippen LogP contribution is -2.18. The molecule has 0 fully saturated rings. The van der Waals surface area contributed by atoms with E-state index in [0.717, 1.165) is 0 Å². The van der Waals surface area contributed by atoms with Gasteiger partial charge in [0, 0.05) is 24.9 Å². The van der Waals surface area contributed by atoms with E-state index in [0.29, 0.717) is 11.4 Å². The number of nitrogens with one attached hydrogen (secondary N) is 1. The molecular weight excluding hydrogens is 180 g/mol. The number of carbonyl (C=O) groups excluding carboxylic acids is 1. The Morgan fingerprint density at radius 1 is 1.57 bits per heavy atom. The molecule has 0 aliphatic carbocycles. The van der Waals surface area contributed by atoms with Crippen LogP contribution in [0.4, 0.5) is 0 Å². The van der Waals surface area contributed by atoms with Gasteiger partial charge >= 0.3 is 0 Å². The molecule has 0 bridgehead atoms. The first-order chi connectivity index (χ1) is 6.63. The number of amides is 1. The fraction of sp³-hybridized carbons (Fsp3) is 0.400. The van der Waals surface area contributed by atoms with Gasteiger partial charge in [0.1, 0.15) is 0 Å². The van der Waals surface area contributed by atoms with Crippen molar-refractivity contribution >= 4 is 5.91 Å². The number of hydrogen-bond donors (Lipinski definition) is 1. The lowest BCUT2D eigenvalue weighted by Gasteiger charge is -2.08. The third-order valence-electron chi connectivity index (χ3n) is 1.58. The standard InChI is InChI=1S/C10H14N2O2/c1-7(2)14-9-6-8(4-5-12-9)10(13)11-3/h4-7H,1-3H3,(H,11,13). The second-order valence-corrected chi connectivity index (χ2v) is 3.13. The number of carbonyl (C=O) groups is 1. The van der Waals surface area contributed by atoms with E-state index in [2.05, 4.69) is 10.3 Å². The van der Waals surface area contributed by atoms with E-state index in [9.17, 15) is 4.79 Å². The van der Waals surface area contributed by atoms with Crippen LogP contribution >= 0.6 is 0 Å². The topological polar surface area (TPSA) is 51.2 Å². The maximum atomic E-state index is 11.3. The molecule has 1 N–H and O–H groups in total. The Morgan fingerprint density at radius 3 is 2.86 bits per heavy atom. The van der Waals surface area contributed by atoms with E-state index < -0.39 is 0 Å². The zero-order valence-corrected chi connectivity index (χ0v) is 8.57. The van der Waals surface area contributed by atoms with Gasteiger partial charge in [0.2, 0.25) is 5.88 Å². The minimum atomic E-state index is -0.138. The Balaban J connectivity index is 2.84. The Hall–Kier alpha value is -1.58. The monoisotopic (exact) mass is 194 g/mol. The molecule has 0 saturated carbocycles. The second-order valence-electron chi connectivity index (χ2n) is 3.13. The van der Waals surface area contributed by atoms with Crippen LogP contribution in [0.2, 0.25) is 0 Å². The number of pyridine rings is 1. The fourth-order valence-electron chi connectivity index (χ4n) is 1.00. The first-order valence-corrected chi connectivity index (χ1v) is 4.48. The summed E-state index contributed by atoms with van der Waals surface area (Å²) in [6, 6.07) is 3.27. The van der Waals surface area contributed by atoms with Crippen molar-refractivity contribution < 1.29 is 9.53 Å². The molecule has 1 aromatic heterocycles. The van der Waals surface area contributed by atoms with Crippen molar-refractivity contribution in [2.45, 2.75) is 20.0 Å². The molecule has 0 atom stereocenters. The van der Waals surface area contributed by atoms with Gasteiger partial charge in [-0.05, 0) is 19.9 Å². The van der Waals surface area contributed by atoms with Gasteiger partial charge in [-0.1, -0.05) is 0 Å². The number of nitrogens with zero attached hydrogens (tertiary/aromatic N) is 1. The van der Waals surface area contributed by atoms with Crippen LogP contribution in [0.5, 0.6) is 5.88 Å². The van der Waals surface area contributed by atoms with Crippen LogP contribution in [0.25, 0.3) is 0 Å². The van der Waals surface area contributed by atoms with Gasteiger partial charge in [-0.3, -0.25) is 4.79 Å². The first-order valence-electron chi connectivity index (χ1n) is 4.48. The normalized spacial score (nSPS) is 10.0. The maximum absolute atomic E-state index is 11.3. The highest BCUT2D eigenvalue weighted by molar-refractivity contribution is 5.94. The third-order valence-corrected chi connectivity index (χ3v) is 1.58. The molecule has 1 aromatic rings. The van der Waals surface area contributed by atoms with Gasteiger partial charge in [-0.25, -0.2) is 4.98 Å². The smallest absolute Gasteiger partial charge is 0.251 e. The molecule has 14 heavy (non-hydrogen) atoms. The van der Waals surface area contributed by atoms with Crippen molar-refractivity contribution in [2.75, 3.05) is 7.05 Å². The molecule has 0 aliphatic rings. The third kappa shape index (κ3) is 2.73. The molecule has 4 heteroatoms. The Morgan fingerprint density at radius 2 is 2.29 bits per heavy atom. The van der Waals surface area contributed by atoms with Crippen LogP contribution in [0.3, 0.4) is 0 Å². The van der Waals surface area contributed by atoms with Crippen molar-refractivity contribution in [3.8, 4) is 5.88 Å². The molecule has 0 radical (unpaired) electrons. The number of rotatable bonds is 3. The summed E-state index contributed by atoms with van der Waals surface area (Å²) in [6.07, 6.45) is 1.62. The highest BCUT2D eigenvalue weighted by Gasteiger charge is 2.05. The number of aromatic nitrogens is 1. The van der Waals surface area contributed by atoms with Crippen LogP contribution in [-0.4, -0.2) is 24.0 Å². The van der Waals surface area contributed by atoms with Gasteiger partial charge in [-0.2, -0.15) is 0 Å². The minimum Gasteiger partial charge on any atom is -0.475 e. The van der Waals surface area contributed by atoms with Crippen molar-refractivity contribution in [3.63, 3.8) is 0 Å². The quantitative estimate of drug-likeness (QED) is 0.787. The zero-order valence-electron chi connectivity index (χ0n) is 8.57. The van der Waals surface area contributed by atoms with E-state index >= 15 is 0 Å². The molecular formula is C10H14N2O2. The lowest BCUT2D eigenvalue weighted by atomic mass is 10.2. The van der Waals surface area contributed by atoms with E-state index in [4.69, 9.17) is 4.74 Å². The van der Waals surface area contributed by atoms with E-state index in [1.165, 1.54) is 0 Å². The molecule has 0 spiro atoms. The van der Waals surface area contributed by atoms with Crippen LogP contribution < -0.4 is 10.1 Å². The van der Waals surface area contributed by atoms with Crippen LogP contribution in [-0.2, 0) is 0 Å². The summed E-state index contributed by atoms with van der Waals surface area (Å²) in [4.78, 5) is 15.3. The molecule has 0 saturated heterocycles. The van der Waals surface area contributed by atoms with Crippen LogP contribution in [0, 0.1) is 0 Å². The molecule has 1 amide bonds. The Bertz CT molecular complexity index is 324. The Kier molecular flexibility index (Phi) is 3.45. The van der Waals surface area contributed by atoms with Crippen molar-refractivity contribution in [3.05, 3.63) is 23.9 Å². The van der Waals surface area contributed by atoms with E-state index in [1.807, 2.05) is 13.8 Å². The average Bonchev–Trinajstić information content (AvgIpc) is 2.16. The summed E-state index contributed by atoms with van der Waals surface area (Å²) in [7, 11) is 1.59. The predicted molar refractivity (Wildman–Crippen MR) is 53.4 cm³/mol. The van der Waals surface area contributed by atoms with Gasteiger partial charge in [0.05, 0.1) is 6.10 Å². The minimum absolute atomic E-state index is 0.0578. The number of ether oxygens (including phenoxy) is 1. The summed E-state index contributed by atoms with van der Waals surface area (Å²) in [6.45, 7) is 3.82. The highest BCUT2D eigenvalue weighted by Crippen LogP contribution is 2.10. The summed E-state index contributed by atoms with van der Waals surface area (Å²) >= 11 is 0. The Labute approximate surface area is 83.3 Å². The van der Waals surface area contributed by atoms with E-state index in [-0.39, 0.29) is 12.0 Å². The number of hydrogen-bond acceptors (Lipinski definition) is 3. The van der Waals surface area contributed by atoms with Crippen molar-refractivity contribution in [1.82, 2.24) is 10.3 Å². The van der Waals surface area contributed by atoms with Crippen LogP contribution in [0.1, 0.15) is 24.2 Å². The van der Waals surface area contributed by atoms with Gasteiger partial charge < -0.3 is 10.1 Å². The van der Waals surface area contributed by atoms with Crippen LogP contribution in [0.15, 0.2) is 18.3 Å². The molecule has 0 unspecified atom stereocenters. The lowest BCUT2D eigenvalue weighted by molar-refractivity contribution is 0.0962. The molecule has 1 rings (SSSR count). The molecule has 4 nitrogen and oxygen atoms in total. The zero-order chi connectivity index (χ0) is 10.6. The van der Waals surface area contributed by atoms with Gasteiger partial charge in [0.25, 0.3) is 5.91 Å². The van der Waals surface area contributed by atoms with Crippen molar-refractivity contribution in [2.24, 2.45) is 0 Å². The summed E-state index contributed by atoms with van der Waals surface area (Å²) in [5.41, 5.74) is 0.554. The summed E-state index contributed by atoms with van der Waals surface area (Å²) in [5, 5.41) is 2.54. The average molecular weight is 194 g/mol. The SMILES string of the molecule is CNC(=O)c1ccnc(OC(C)C)c1. The fourth-order valence-corrected chi connectivity index (χ4v) is 1.00. The highest BCUT2D eigenvalue weighted by atomic mass is 16.5. The summed E-state index contributed by atoms with van der Waals surface area (Å²) in [5.74, 6) is 0.335. The molecule has 76 valence electrons. The van der Waals surface area contributed by atoms with Crippen molar-refractivity contribution in [1.29, 1.82) is 0 Å².